The summed E-state index contributed by atoms with van der Waals surface area (Å²) in [6.07, 6.45) is 79.7. The number of unbranched alkanes of at least 4 members (excludes halogenated alkanes) is 42. The smallest absolute Gasteiger partial charge is 0.462 e. The highest BCUT2D eigenvalue weighted by atomic mass is 31.2. The fraction of sp³-hybridized carbons (Fsp3) is 0.857. The minimum absolute atomic E-state index is 0.0285. The van der Waals surface area contributed by atoms with Crippen LogP contribution in [0.3, 0.4) is 0 Å². The van der Waals surface area contributed by atoms with Gasteiger partial charge in [-0.3, -0.25) is 18.6 Å². The maximum Gasteiger partial charge on any atom is 0.472 e. The molecule has 2 unspecified atom stereocenters. The minimum Gasteiger partial charge on any atom is -0.462 e. The van der Waals surface area contributed by atoms with E-state index in [1.807, 2.05) is 21.1 Å². The van der Waals surface area contributed by atoms with Crippen LogP contribution in [0.1, 0.15) is 335 Å². The number of phosphoric acid groups is 1. The Hall–Kier alpha value is -2.03. The van der Waals surface area contributed by atoms with Crippen LogP contribution in [0.4, 0.5) is 0 Å². The third-order valence-electron chi connectivity index (χ3n) is 15.3. The van der Waals surface area contributed by atoms with Crippen LogP contribution >= 0.6 is 7.82 Å². The van der Waals surface area contributed by atoms with Crippen molar-refractivity contribution in [2.24, 2.45) is 0 Å². The predicted molar refractivity (Wildman–Crippen MR) is 344 cm³/mol. The average Bonchev–Trinajstić information content (AvgIpc) is 3.42. The summed E-state index contributed by atoms with van der Waals surface area (Å²) in [6.45, 7) is 4.34. The molecule has 470 valence electrons. The number of quaternary nitrogens is 1. The van der Waals surface area contributed by atoms with Gasteiger partial charge < -0.3 is 18.9 Å². The van der Waals surface area contributed by atoms with Crippen molar-refractivity contribution in [3.8, 4) is 0 Å². The number of nitrogens with zero attached hydrogens (tertiary/aromatic N) is 1. The van der Waals surface area contributed by atoms with Crippen molar-refractivity contribution < 1.29 is 42.1 Å². The lowest BCUT2D eigenvalue weighted by Crippen LogP contribution is -2.37. The SMILES string of the molecule is CC/C=C\C/C=C\C/C=C\CCCCCCCC(=O)OC(COC(=O)CCCCCCCCCCCCCCCCCCCCCCCCCCCCCCC/C=C\CCCCCCCCCC)COP(=O)(O)OCC[N+](C)(C)C. The molecule has 1 N–H and O–H groups in total. The zero-order valence-corrected chi connectivity index (χ0v) is 54.5. The lowest BCUT2D eigenvalue weighted by molar-refractivity contribution is -0.870. The van der Waals surface area contributed by atoms with Gasteiger partial charge in [0.25, 0.3) is 0 Å². The lowest BCUT2D eigenvalue weighted by Gasteiger charge is -2.24. The van der Waals surface area contributed by atoms with Gasteiger partial charge in [-0.25, -0.2) is 4.57 Å². The van der Waals surface area contributed by atoms with Gasteiger partial charge in [0.1, 0.15) is 19.8 Å². The van der Waals surface area contributed by atoms with Crippen LogP contribution in [0.2, 0.25) is 0 Å². The van der Waals surface area contributed by atoms with Crippen LogP contribution < -0.4 is 0 Å². The van der Waals surface area contributed by atoms with E-state index in [1.165, 1.54) is 231 Å². The second kappa shape index (κ2) is 61.5. The molecule has 0 aliphatic carbocycles. The third kappa shape index (κ3) is 65.1. The van der Waals surface area contributed by atoms with E-state index in [0.29, 0.717) is 17.4 Å². The molecular weight excluding hydrogens is 1010 g/mol. The fourth-order valence-electron chi connectivity index (χ4n) is 10.1. The van der Waals surface area contributed by atoms with Crippen molar-refractivity contribution in [3.63, 3.8) is 0 Å². The van der Waals surface area contributed by atoms with Crippen LogP contribution in [-0.2, 0) is 32.7 Å². The van der Waals surface area contributed by atoms with Gasteiger partial charge in [0, 0.05) is 12.8 Å². The second-order valence-electron chi connectivity index (χ2n) is 24.5. The molecule has 0 saturated carbocycles. The maximum absolute atomic E-state index is 12.8. The predicted octanol–water partition coefficient (Wildman–Crippen LogP) is 22.1. The van der Waals surface area contributed by atoms with Crippen LogP contribution in [0.25, 0.3) is 0 Å². The van der Waals surface area contributed by atoms with E-state index < -0.39 is 26.5 Å². The fourth-order valence-corrected chi connectivity index (χ4v) is 10.8. The average molecular weight is 1150 g/mol. The Kier molecular flexibility index (Phi) is 60.0. The molecule has 2 atom stereocenters. The number of hydrogen-bond acceptors (Lipinski definition) is 7. The summed E-state index contributed by atoms with van der Waals surface area (Å²) >= 11 is 0. The van der Waals surface area contributed by atoms with E-state index in [2.05, 4.69) is 62.5 Å². The first-order chi connectivity index (χ1) is 39.0. The van der Waals surface area contributed by atoms with Crippen molar-refractivity contribution in [3.05, 3.63) is 48.6 Å². The van der Waals surface area contributed by atoms with Crippen LogP contribution in [0.15, 0.2) is 48.6 Å². The van der Waals surface area contributed by atoms with Crippen LogP contribution in [0.5, 0.6) is 0 Å². The summed E-state index contributed by atoms with van der Waals surface area (Å²) in [4.78, 5) is 35.7. The number of carbonyl (C=O) groups is 2. The Balaban J connectivity index is 3.82. The van der Waals surface area contributed by atoms with Crippen molar-refractivity contribution in [2.45, 2.75) is 341 Å². The Morgan fingerprint density at radius 3 is 1.07 bits per heavy atom. The van der Waals surface area contributed by atoms with Crippen LogP contribution in [-0.4, -0.2) is 74.9 Å². The molecule has 0 fully saturated rings. The van der Waals surface area contributed by atoms with E-state index in [0.717, 1.165) is 70.6 Å². The third-order valence-corrected chi connectivity index (χ3v) is 16.3. The molecule has 0 aromatic rings. The molecule has 0 rings (SSSR count). The molecule has 0 radical (unpaired) electrons. The number of rotatable bonds is 64. The molecule has 0 heterocycles. The summed E-state index contributed by atoms with van der Waals surface area (Å²) in [6, 6.07) is 0. The molecule has 0 aliphatic rings. The van der Waals surface area contributed by atoms with Gasteiger partial charge in [-0.05, 0) is 70.6 Å². The zero-order valence-electron chi connectivity index (χ0n) is 53.6. The first-order valence-corrected chi connectivity index (χ1v) is 35.9. The zero-order chi connectivity index (χ0) is 58.4. The van der Waals surface area contributed by atoms with Gasteiger partial charge in [0.05, 0.1) is 27.7 Å². The van der Waals surface area contributed by atoms with Gasteiger partial charge in [-0.2, -0.15) is 0 Å². The van der Waals surface area contributed by atoms with E-state index in [4.69, 9.17) is 18.5 Å². The van der Waals surface area contributed by atoms with E-state index in [-0.39, 0.29) is 32.0 Å². The Morgan fingerprint density at radius 1 is 0.400 bits per heavy atom. The first-order valence-electron chi connectivity index (χ1n) is 34.4. The molecule has 10 heteroatoms. The Bertz CT molecular complexity index is 1490. The molecule has 0 saturated heterocycles. The summed E-state index contributed by atoms with van der Waals surface area (Å²) in [5.74, 6) is -0.805. The number of phosphoric ester groups is 1. The number of hydrogen-bond donors (Lipinski definition) is 1. The molecule has 0 amide bonds. The number of allylic oxidation sites excluding steroid dienone is 8. The van der Waals surface area contributed by atoms with Crippen molar-refractivity contribution in [1.82, 2.24) is 0 Å². The topological polar surface area (TPSA) is 108 Å². The van der Waals surface area contributed by atoms with Crippen LogP contribution in [0, 0.1) is 0 Å². The highest BCUT2D eigenvalue weighted by Crippen LogP contribution is 2.43. The highest BCUT2D eigenvalue weighted by Gasteiger charge is 2.27. The largest absolute Gasteiger partial charge is 0.472 e. The van der Waals surface area contributed by atoms with Gasteiger partial charge in [0.15, 0.2) is 6.10 Å². The van der Waals surface area contributed by atoms with Gasteiger partial charge in [0.2, 0.25) is 0 Å². The molecule has 0 bridgehead atoms. The second-order valence-corrected chi connectivity index (χ2v) is 26.0. The normalized spacial score (nSPS) is 13.4. The van der Waals surface area contributed by atoms with Crippen molar-refractivity contribution in [1.29, 1.82) is 0 Å². The van der Waals surface area contributed by atoms with Gasteiger partial charge in [-0.1, -0.05) is 300 Å². The summed E-state index contributed by atoms with van der Waals surface area (Å²) in [7, 11) is 1.47. The van der Waals surface area contributed by atoms with Crippen molar-refractivity contribution in [2.75, 3.05) is 47.5 Å². The molecule has 0 aliphatic heterocycles. The van der Waals surface area contributed by atoms with Gasteiger partial charge >= 0.3 is 19.8 Å². The molecule has 0 aromatic carbocycles. The Morgan fingerprint density at radius 2 is 0.713 bits per heavy atom. The number of carbonyl (C=O) groups excluding carboxylic acids is 2. The maximum atomic E-state index is 12.8. The standard InChI is InChI=1S/C70H132NO8P/c1-6-8-10-12-14-16-18-20-22-23-24-25-26-27-28-29-30-31-32-33-34-35-36-37-38-39-40-41-42-43-44-45-46-47-49-50-52-54-56-58-60-62-69(72)76-66-68(67-78-80(74,75)77-65-64-71(3,4)5)79-70(73)63-61-59-57-55-53-51-48-21-19-17-15-13-11-9-7-2/h9,11,15,17,21,23-24,48,68H,6-8,10,12-14,16,18-20,22,25-47,49-67H2,1-5H3/p+1/b11-9-,17-15-,24-23-,48-21-. The van der Waals surface area contributed by atoms with E-state index >= 15 is 0 Å². The lowest BCUT2D eigenvalue weighted by atomic mass is 10.0. The van der Waals surface area contributed by atoms with Gasteiger partial charge in [-0.15, -0.1) is 0 Å². The molecule has 80 heavy (non-hydrogen) atoms. The van der Waals surface area contributed by atoms with E-state index in [9.17, 15) is 19.0 Å². The summed E-state index contributed by atoms with van der Waals surface area (Å²) in [5.41, 5.74) is 0. The number of ether oxygens (including phenoxy) is 2. The molecule has 0 spiro atoms. The number of esters is 2. The summed E-state index contributed by atoms with van der Waals surface area (Å²) < 4.78 is 34.6. The monoisotopic (exact) mass is 1150 g/mol. The van der Waals surface area contributed by atoms with E-state index in [1.54, 1.807) is 0 Å². The van der Waals surface area contributed by atoms with Crippen molar-refractivity contribution >= 4 is 19.8 Å². The highest BCUT2D eigenvalue weighted by molar-refractivity contribution is 7.47. The molecule has 9 nitrogen and oxygen atoms in total. The first kappa shape index (κ1) is 78.0. The quantitative estimate of drug-likeness (QED) is 0.0211. The minimum atomic E-state index is -4.39. The number of likely N-dealkylation sites (N-methyl/N-ethyl adjacent to an activating group) is 1. The summed E-state index contributed by atoms with van der Waals surface area (Å²) in [5, 5.41) is 0. The Labute approximate surface area is 496 Å². The molecular formula is C70H133NO8P+. The molecule has 0 aromatic heterocycles.